The molecule has 0 saturated heterocycles. The molecule has 0 aromatic heterocycles. The first-order valence-electron chi connectivity index (χ1n) is 7.16. The molecule has 0 saturated carbocycles. The smallest absolute Gasteiger partial charge is 0.338 e. The molecule has 1 aliphatic rings. The number of rotatable bonds is 4. The fourth-order valence-corrected chi connectivity index (χ4v) is 4.26. The summed E-state index contributed by atoms with van der Waals surface area (Å²) in [6.07, 6.45) is 4.16. The van der Waals surface area contributed by atoms with Gasteiger partial charge in [0.25, 0.3) is 0 Å². The molecule has 0 radical (unpaired) electrons. The van der Waals surface area contributed by atoms with Crippen LogP contribution in [0.5, 0.6) is 0 Å². The van der Waals surface area contributed by atoms with Gasteiger partial charge in [0.2, 0.25) is 0 Å². The van der Waals surface area contributed by atoms with Crippen molar-refractivity contribution in [3.05, 3.63) is 82.6 Å². The van der Waals surface area contributed by atoms with Crippen molar-refractivity contribution in [1.29, 1.82) is 0 Å². The molecule has 2 nitrogen and oxygen atoms in total. The number of hydrogen-bond donors (Lipinski definition) is 1. The SMILES string of the molecule is COC(=O)c1cccc(-c2ccccc2)c1C[SH]1C=CC=C1. The van der Waals surface area contributed by atoms with Gasteiger partial charge in [0.05, 0.1) is 12.7 Å². The number of esters is 1. The van der Waals surface area contributed by atoms with Crippen molar-refractivity contribution in [3.8, 4) is 11.1 Å². The maximum atomic E-state index is 12.1. The summed E-state index contributed by atoms with van der Waals surface area (Å²) >= 11 is 0. The van der Waals surface area contributed by atoms with Crippen LogP contribution in [-0.4, -0.2) is 13.1 Å². The van der Waals surface area contributed by atoms with Gasteiger partial charge in [-0.2, -0.15) is 0 Å². The Labute approximate surface area is 133 Å². The zero-order chi connectivity index (χ0) is 15.4. The van der Waals surface area contributed by atoms with Crippen molar-refractivity contribution in [3.63, 3.8) is 0 Å². The number of allylic oxidation sites excluding steroid dienone is 2. The minimum atomic E-state index is -0.343. The van der Waals surface area contributed by atoms with Crippen LogP contribution >= 0.6 is 10.9 Å². The molecule has 22 heavy (non-hydrogen) atoms. The highest BCUT2D eigenvalue weighted by Crippen LogP contribution is 2.40. The fraction of sp³-hybridized carbons (Fsp3) is 0.105. The van der Waals surface area contributed by atoms with Gasteiger partial charge < -0.3 is 4.74 Å². The summed E-state index contributed by atoms with van der Waals surface area (Å²) in [5.74, 6) is 0.590. The van der Waals surface area contributed by atoms with Crippen molar-refractivity contribution in [2.24, 2.45) is 0 Å². The summed E-state index contributed by atoms with van der Waals surface area (Å²) < 4.78 is 4.96. The minimum Gasteiger partial charge on any atom is -0.465 e. The second kappa shape index (κ2) is 6.67. The molecule has 0 N–H and O–H groups in total. The number of methoxy groups -OCH3 is 1. The first kappa shape index (κ1) is 14.7. The van der Waals surface area contributed by atoms with Gasteiger partial charge in [-0.3, -0.25) is 0 Å². The normalized spacial score (nSPS) is 14.3. The number of carbonyl (C=O) groups is 1. The van der Waals surface area contributed by atoms with E-state index >= 15 is 0 Å². The van der Waals surface area contributed by atoms with Crippen LogP contribution in [0.2, 0.25) is 0 Å². The molecule has 1 aliphatic heterocycles. The van der Waals surface area contributed by atoms with Gasteiger partial charge in [-0.25, -0.2) is 15.7 Å². The topological polar surface area (TPSA) is 26.3 Å². The quantitative estimate of drug-likeness (QED) is 0.655. The average molecular weight is 310 g/mol. The van der Waals surface area contributed by atoms with Gasteiger partial charge in [0.15, 0.2) is 0 Å². The predicted octanol–water partition coefficient (Wildman–Crippen LogP) is 4.68. The van der Waals surface area contributed by atoms with Crippen molar-refractivity contribution < 1.29 is 9.53 Å². The lowest BCUT2D eigenvalue weighted by Crippen LogP contribution is -2.07. The number of ether oxygens (including phenoxy) is 1. The Kier molecular flexibility index (Phi) is 4.45. The van der Waals surface area contributed by atoms with Gasteiger partial charge in [-0.15, -0.1) is 0 Å². The molecular formula is C19H18O2S. The van der Waals surface area contributed by atoms with Crippen molar-refractivity contribution in [2.45, 2.75) is 5.75 Å². The van der Waals surface area contributed by atoms with E-state index in [0.717, 1.165) is 22.4 Å². The Morgan fingerprint density at radius 3 is 2.41 bits per heavy atom. The molecule has 2 aromatic carbocycles. The lowest BCUT2D eigenvalue weighted by Gasteiger charge is -2.17. The third kappa shape index (κ3) is 3.00. The van der Waals surface area contributed by atoms with Gasteiger partial charge in [-0.05, 0) is 33.6 Å². The molecule has 1 heterocycles. The molecule has 0 spiro atoms. The first-order valence-corrected chi connectivity index (χ1v) is 8.82. The largest absolute Gasteiger partial charge is 0.465 e. The monoisotopic (exact) mass is 310 g/mol. The number of carbonyl (C=O) groups excluding carboxylic acids is 1. The highest BCUT2D eigenvalue weighted by molar-refractivity contribution is 8.21. The first-order chi connectivity index (χ1) is 10.8. The van der Waals surface area contributed by atoms with Crippen LogP contribution in [0.25, 0.3) is 11.1 Å². The van der Waals surface area contributed by atoms with Crippen molar-refractivity contribution in [1.82, 2.24) is 0 Å². The van der Waals surface area contributed by atoms with Crippen LogP contribution in [0.3, 0.4) is 0 Å². The summed E-state index contributed by atoms with van der Waals surface area (Å²) in [6.45, 7) is 0. The molecule has 112 valence electrons. The molecule has 3 rings (SSSR count). The molecule has 0 fully saturated rings. The Balaban J connectivity index is 2.10. The average Bonchev–Trinajstić information content (AvgIpc) is 3.08. The van der Waals surface area contributed by atoms with Gasteiger partial charge >= 0.3 is 5.97 Å². The third-order valence-corrected chi connectivity index (χ3v) is 5.46. The second-order valence-corrected chi connectivity index (χ2v) is 6.99. The fourth-order valence-electron chi connectivity index (χ4n) is 2.60. The van der Waals surface area contributed by atoms with E-state index in [1.54, 1.807) is 0 Å². The highest BCUT2D eigenvalue weighted by atomic mass is 32.2. The summed E-state index contributed by atoms with van der Waals surface area (Å²) in [4.78, 5) is 12.1. The summed E-state index contributed by atoms with van der Waals surface area (Å²) in [5.41, 5.74) is 3.98. The second-order valence-electron chi connectivity index (χ2n) is 5.04. The molecule has 3 heteroatoms. The number of thiol groups is 1. The van der Waals surface area contributed by atoms with E-state index in [9.17, 15) is 4.79 Å². The van der Waals surface area contributed by atoms with E-state index in [1.807, 2.05) is 30.3 Å². The Hall–Kier alpha value is -2.26. The van der Waals surface area contributed by atoms with E-state index in [-0.39, 0.29) is 16.9 Å². The van der Waals surface area contributed by atoms with E-state index in [0.29, 0.717) is 5.56 Å². The Bertz CT molecular complexity index is 720. The lowest BCUT2D eigenvalue weighted by molar-refractivity contribution is 0.0600. The maximum Gasteiger partial charge on any atom is 0.338 e. The van der Waals surface area contributed by atoms with Crippen molar-refractivity contribution in [2.75, 3.05) is 7.11 Å². The van der Waals surface area contributed by atoms with E-state index in [4.69, 9.17) is 4.74 Å². The molecular weight excluding hydrogens is 292 g/mol. The minimum absolute atomic E-state index is 0.269. The zero-order valence-corrected chi connectivity index (χ0v) is 13.3. The van der Waals surface area contributed by atoms with Gasteiger partial charge in [0.1, 0.15) is 0 Å². The van der Waals surface area contributed by atoms with Crippen LogP contribution in [0.15, 0.2) is 71.5 Å². The van der Waals surface area contributed by atoms with Crippen LogP contribution in [0.4, 0.5) is 0 Å². The molecule has 0 aliphatic carbocycles. The molecule has 2 aromatic rings. The lowest BCUT2D eigenvalue weighted by atomic mass is 9.96. The van der Waals surface area contributed by atoms with Gasteiger partial charge in [0, 0.05) is 5.75 Å². The molecule has 0 amide bonds. The van der Waals surface area contributed by atoms with Crippen molar-refractivity contribution >= 4 is 16.9 Å². The Morgan fingerprint density at radius 1 is 1.00 bits per heavy atom. The van der Waals surface area contributed by atoms with Crippen LogP contribution in [-0.2, 0) is 10.5 Å². The number of benzene rings is 2. The summed E-state index contributed by atoms with van der Waals surface area (Å²) in [5, 5.41) is 4.44. The molecule has 0 unspecified atom stereocenters. The van der Waals surface area contributed by atoms with Crippen LogP contribution in [0, 0.1) is 0 Å². The third-order valence-electron chi connectivity index (χ3n) is 3.67. The van der Waals surface area contributed by atoms with E-state index in [1.165, 1.54) is 7.11 Å². The Morgan fingerprint density at radius 2 is 1.73 bits per heavy atom. The zero-order valence-electron chi connectivity index (χ0n) is 12.4. The van der Waals surface area contributed by atoms with Crippen LogP contribution < -0.4 is 0 Å². The standard InChI is InChI=1S/C19H18O2S/c1-21-19(20)17-11-7-10-16(15-8-3-2-4-9-15)18(17)14-22-12-5-6-13-22/h2-13,22H,14H2,1H3. The summed E-state index contributed by atoms with van der Waals surface area (Å²) in [7, 11) is 1.09. The summed E-state index contributed by atoms with van der Waals surface area (Å²) in [6, 6.07) is 16.0. The maximum absolute atomic E-state index is 12.1. The molecule has 0 atom stereocenters. The van der Waals surface area contributed by atoms with Gasteiger partial charge in [-0.1, -0.05) is 54.6 Å². The van der Waals surface area contributed by atoms with Crippen LogP contribution in [0.1, 0.15) is 15.9 Å². The van der Waals surface area contributed by atoms with E-state index < -0.39 is 0 Å². The number of hydrogen-bond acceptors (Lipinski definition) is 2. The molecule has 0 bridgehead atoms. The predicted molar refractivity (Wildman–Crippen MR) is 94.2 cm³/mol. The van der Waals surface area contributed by atoms with E-state index in [2.05, 4.69) is 41.2 Å². The highest BCUT2D eigenvalue weighted by Gasteiger charge is 2.17.